The van der Waals surface area contributed by atoms with Crippen LogP contribution in [-0.2, 0) is 4.74 Å². The molecule has 98 valence electrons. The summed E-state index contributed by atoms with van der Waals surface area (Å²) in [5.41, 5.74) is 1.40. The molecule has 2 fully saturated rings. The standard InChI is InChI=1S/C14H18O2S2/c1-2-8-15-13(3-1)16-12-6-4-11(5-7-12)14-17-9-10-18-14/h4-7,13-14H,1-3,8-10H2. The van der Waals surface area contributed by atoms with Gasteiger partial charge >= 0.3 is 0 Å². The lowest BCUT2D eigenvalue weighted by molar-refractivity contribution is -0.105. The Morgan fingerprint density at radius 2 is 1.83 bits per heavy atom. The second-order valence-electron chi connectivity index (χ2n) is 4.56. The van der Waals surface area contributed by atoms with Crippen LogP contribution >= 0.6 is 23.5 Å². The Labute approximate surface area is 117 Å². The van der Waals surface area contributed by atoms with E-state index in [0.29, 0.717) is 4.58 Å². The molecule has 0 N–H and O–H groups in total. The summed E-state index contributed by atoms with van der Waals surface area (Å²) in [6.07, 6.45) is 3.34. The summed E-state index contributed by atoms with van der Waals surface area (Å²) in [7, 11) is 0. The van der Waals surface area contributed by atoms with Crippen molar-refractivity contribution in [3.63, 3.8) is 0 Å². The maximum Gasteiger partial charge on any atom is 0.199 e. The molecule has 0 amide bonds. The summed E-state index contributed by atoms with van der Waals surface area (Å²) >= 11 is 4.07. The fraction of sp³-hybridized carbons (Fsp3) is 0.571. The predicted molar refractivity (Wildman–Crippen MR) is 78.3 cm³/mol. The summed E-state index contributed by atoms with van der Waals surface area (Å²) < 4.78 is 12.0. The van der Waals surface area contributed by atoms with Gasteiger partial charge in [-0.2, -0.15) is 0 Å². The first-order valence-corrected chi connectivity index (χ1v) is 8.63. The molecule has 3 rings (SSSR count). The highest BCUT2D eigenvalue weighted by molar-refractivity contribution is 8.19. The molecule has 0 radical (unpaired) electrons. The van der Waals surface area contributed by atoms with Crippen molar-refractivity contribution in [2.45, 2.75) is 30.1 Å². The summed E-state index contributed by atoms with van der Waals surface area (Å²) in [5.74, 6) is 3.46. The molecule has 0 bridgehead atoms. The van der Waals surface area contributed by atoms with Gasteiger partial charge in [0, 0.05) is 17.9 Å². The van der Waals surface area contributed by atoms with Gasteiger partial charge in [-0.15, -0.1) is 23.5 Å². The molecular formula is C14H18O2S2. The van der Waals surface area contributed by atoms with Gasteiger partial charge in [0.2, 0.25) is 0 Å². The van der Waals surface area contributed by atoms with E-state index in [-0.39, 0.29) is 6.29 Å². The predicted octanol–water partition coefficient (Wildman–Crippen LogP) is 4.07. The van der Waals surface area contributed by atoms with Gasteiger partial charge in [0.25, 0.3) is 0 Å². The average Bonchev–Trinajstić information content (AvgIpc) is 2.95. The van der Waals surface area contributed by atoms with Crippen LogP contribution in [0, 0.1) is 0 Å². The quantitative estimate of drug-likeness (QED) is 0.831. The third-order valence-electron chi connectivity index (χ3n) is 3.18. The molecule has 2 aliphatic rings. The van der Waals surface area contributed by atoms with Crippen LogP contribution in [0.5, 0.6) is 5.75 Å². The van der Waals surface area contributed by atoms with Crippen molar-refractivity contribution in [3.8, 4) is 5.75 Å². The van der Waals surface area contributed by atoms with Gasteiger partial charge < -0.3 is 9.47 Å². The van der Waals surface area contributed by atoms with Gasteiger partial charge in [0.15, 0.2) is 6.29 Å². The molecular weight excluding hydrogens is 264 g/mol. The summed E-state index contributed by atoms with van der Waals surface area (Å²) in [6, 6.07) is 8.53. The first-order chi connectivity index (χ1) is 8.92. The number of thioether (sulfide) groups is 2. The third-order valence-corrected chi connectivity index (χ3v) is 6.28. The Hall–Kier alpha value is -0.320. The lowest BCUT2D eigenvalue weighted by atomic mass is 10.2. The Kier molecular flexibility index (Phi) is 4.39. The molecule has 1 atom stereocenters. The Morgan fingerprint density at radius 3 is 2.50 bits per heavy atom. The van der Waals surface area contributed by atoms with Crippen molar-refractivity contribution in [1.29, 1.82) is 0 Å². The minimum Gasteiger partial charge on any atom is -0.465 e. The van der Waals surface area contributed by atoms with Gasteiger partial charge in [-0.1, -0.05) is 12.1 Å². The third kappa shape index (κ3) is 3.16. The molecule has 2 heterocycles. The van der Waals surface area contributed by atoms with Crippen molar-refractivity contribution < 1.29 is 9.47 Å². The fourth-order valence-corrected chi connectivity index (χ4v) is 5.07. The van der Waals surface area contributed by atoms with Gasteiger partial charge in [-0.25, -0.2) is 0 Å². The van der Waals surface area contributed by atoms with Crippen molar-refractivity contribution in [1.82, 2.24) is 0 Å². The Bertz CT molecular complexity index is 368. The lowest BCUT2D eigenvalue weighted by Crippen LogP contribution is -2.24. The zero-order valence-corrected chi connectivity index (χ0v) is 12.0. The smallest absolute Gasteiger partial charge is 0.199 e. The van der Waals surface area contributed by atoms with Crippen LogP contribution < -0.4 is 4.74 Å². The summed E-state index contributed by atoms with van der Waals surface area (Å²) in [6.45, 7) is 0.831. The molecule has 18 heavy (non-hydrogen) atoms. The second kappa shape index (κ2) is 6.22. The molecule has 2 aliphatic heterocycles. The van der Waals surface area contributed by atoms with E-state index in [1.54, 1.807) is 0 Å². The van der Waals surface area contributed by atoms with Crippen LogP contribution in [0.3, 0.4) is 0 Å². The molecule has 0 aromatic heterocycles. The van der Waals surface area contributed by atoms with Crippen molar-refractivity contribution in [2.24, 2.45) is 0 Å². The van der Waals surface area contributed by atoms with E-state index in [1.807, 2.05) is 23.5 Å². The topological polar surface area (TPSA) is 18.5 Å². The van der Waals surface area contributed by atoms with Crippen LogP contribution in [0.4, 0.5) is 0 Å². The molecule has 0 spiro atoms. The molecule has 1 aromatic carbocycles. The van der Waals surface area contributed by atoms with Crippen molar-refractivity contribution >= 4 is 23.5 Å². The minimum absolute atomic E-state index is 0.0418. The number of benzene rings is 1. The van der Waals surface area contributed by atoms with E-state index in [2.05, 4.69) is 24.3 Å². The highest BCUT2D eigenvalue weighted by atomic mass is 32.2. The van der Waals surface area contributed by atoms with E-state index in [4.69, 9.17) is 9.47 Å². The normalized spacial score (nSPS) is 25.2. The van der Waals surface area contributed by atoms with E-state index in [9.17, 15) is 0 Å². The summed E-state index contributed by atoms with van der Waals surface area (Å²) in [4.78, 5) is 0. The Balaban J connectivity index is 1.59. The number of hydrogen-bond donors (Lipinski definition) is 0. The average molecular weight is 282 g/mol. The minimum atomic E-state index is -0.0418. The fourth-order valence-electron chi connectivity index (χ4n) is 2.21. The zero-order valence-electron chi connectivity index (χ0n) is 10.3. The van der Waals surface area contributed by atoms with E-state index in [1.165, 1.54) is 23.5 Å². The molecule has 4 heteroatoms. The molecule has 0 saturated carbocycles. The maximum absolute atomic E-state index is 5.84. The van der Waals surface area contributed by atoms with E-state index in [0.717, 1.165) is 25.2 Å². The van der Waals surface area contributed by atoms with Crippen molar-refractivity contribution in [2.75, 3.05) is 18.1 Å². The van der Waals surface area contributed by atoms with Crippen LogP contribution in [-0.4, -0.2) is 24.4 Å². The maximum atomic E-state index is 5.84. The van der Waals surface area contributed by atoms with Crippen LogP contribution in [0.15, 0.2) is 24.3 Å². The number of hydrogen-bond acceptors (Lipinski definition) is 4. The second-order valence-corrected chi connectivity index (χ2v) is 7.28. The first kappa shape index (κ1) is 12.7. The van der Waals surface area contributed by atoms with Crippen molar-refractivity contribution in [3.05, 3.63) is 29.8 Å². The van der Waals surface area contributed by atoms with Gasteiger partial charge in [-0.05, 0) is 30.5 Å². The zero-order chi connectivity index (χ0) is 12.2. The van der Waals surface area contributed by atoms with E-state index >= 15 is 0 Å². The van der Waals surface area contributed by atoms with Gasteiger partial charge in [0.05, 0.1) is 11.2 Å². The van der Waals surface area contributed by atoms with Crippen LogP contribution in [0.25, 0.3) is 0 Å². The Morgan fingerprint density at radius 1 is 1.06 bits per heavy atom. The van der Waals surface area contributed by atoms with Gasteiger partial charge in [-0.3, -0.25) is 0 Å². The summed E-state index contributed by atoms with van der Waals surface area (Å²) in [5, 5.41) is 0. The van der Waals surface area contributed by atoms with Gasteiger partial charge in [0.1, 0.15) is 5.75 Å². The monoisotopic (exact) mass is 282 g/mol. The van der Waals surface area contributed by atoms with Crippen LogP contribution in [0.2, 0.25) is 0 Å². The highest BCUT2D eigenvalue weighted by Crippen LogP contribution is 2.45. The molecule has 1 unspecified atom stereocenters. The van der Waals surface area contributed by atoms with E-state index < -0.39 is 0 Å². The lowest BCUT2D eigenvalue weighted by Gasteiger charge is -2.23. The number of rotatable bonds is 3. The first-order valence-electron chi connectivity index (χ1n) is 6.53. The largest absolute Gasteiger partial charge is 0.465 e. The molecule has 1 aromatic rings. The molecule has 2 nitrogen and oxygen atoms in total. The molecule has 0 aliphatic carbocycles. The highest BCUT2D eigenvalue weighted by Gasteiger charge is 2.19. The SMILES string of the molecule is c1cc(C2SCCS2)ccc1OC1CCCCO1. The number of ether oxygens (including phenoxy) is 2. The molecule has 2 saturated heterocycles. The van der Waals surface area contributed by atoms with Crippen LogP contribution in [0.1, 0.15) is 29.4 Å².